The van der Waals surface area contributed by atoms with Crippen LogP contribution in [0.2, 0.25) is 0 Å². The zero-order valence-electron chi connectivity index (χ0n) is 11.0. The Kier molecular flexibility index (Phi) is 4.97. The SMILES string of the molecule is CCCC1CCN(C(=O)C(C)C(C)C(=O)O)C1. The van der Waals surface area contributed by atoms with Gasteiger partial charge in [-0.25, -0.2) is 0 Å². The average molecular weight is 241 g/mol. The molecule has 4 nitrogen and oxygen atoms in total. The number of amides is 1. The molecule has 1 aliphatic heterocycles. The standard InChI is InChI=1S/C13H23NO3/c1-4-5-11-6-7-14(8-11)12(15)9(2)10(3)13(16)17/h9-11H,4-8H2,1-3H3,(H,16,17). The van der Waals surface area contributed by atoms with E-state index in [0.717, 1.165) is 32.4 Å². The molecule has 0 aromatic carbocycles. The minimum Gasteiger partial charge on any atom is -0.481 e. The van der Waals surface area contributed by atoms with Crippen LogP contribution in [0.1, 0.15) is 40.0 Å². The Morgan fingerprint density at radius 2 is 2.00 bits per heavy atom. The van der Waals surface area contributed by atoms with Crippen LogP contribution in [-0.4, -0.2) is 35.0 Å². The molecule has 3 atom stereocenters. The molecule has 0 spiro atoms. The van der Waals surface area contributed by atoms with Crippen molar-refractivity contribution >= 4 is 11.9 Å². The van der Waals surface area contributed by atoms with Crippen molar-refractivity contribution in [3.8, 4) is 0 Å². The number of carbonyl (C=O) groups excluding carboxylic acids is 1. The molecular formula is C13H23NO3. The van der Waals surface area contributed by atoms with Gasteiger partial charge >= 0.3 is 5.97 Å². The van der Waals surface area contributed by atoms with E-state index in [4.69, 9.17) is 5.11 Å². The summed E-state index contributed by atoms with van der Waals surface area (Å²) in [4.78, 5) is 24.8. The number of carboxylic acids is 1. The number of aliphatic carboxylic acids is 1. The predicted octanol–water partition coefficient (Wildman–Crippen LogP) is 1.99. The first-order valence-electron chi connectivity index (χ1n) is 6.49. The molecular weight excluding hydrogens is 218 g/mol. The summed E-state index contributed by atoms with van der Waals surface area (Å²) in [5.74, 6) is -1.31. The van der Waals surface area contributed by atoms with Crippen LogP contribution < -0.4 is 0 Å². The van der Waals surface area contributed by atoms with Gasteiger partial charge in [0.05, 0.1) is 5.92 Å². The molecule has 3 unspecified atom stereocenters. The second-order valence-corrected chi connectivity index (χ2v) is 5.14. The van der Waals surface area contributed by atoms with Gasteiger partial charge in [-0.3, -0.25) is 9.59 Å². The second-order valence-electron chi connectivity index (χ2n) is 5.14. The third kappa shape index (κ3) is 3.45. The lowest BCUT2D eigenvalue weighted by molar-refractivity contribution is -0.148. The number of hydrogen-bond donors (Lipinski definition) is 1. The topological polar surface area (TPSA) is 57.6 Å². The lowest BCUT2D eigenvalue weighted by Crippen LogP contribution is -2.37. The summed E-state index contributed by atoms with van der Waals surface area (Å²) < 4.78 is 0. The molecule has 1 heterocycles. The van der Waals surface area contributed by atoms with Crippen LogP contribution in [0.3, 0.4) is 0 Å². The van der Waals surface area contributed by atoms with E-state index in [1.165, 1.54) is 0 Å². The fraction of sp³-hybridized carbons (Fsp3) is 0.846. The number of nitrogens with zero attached hydrogens (tertiary/aromatic N) is 1. The summed E-state index contributed by atoms with van der Waals surface area (Å²) in [5, 5.41) is 8.91. The first-order chi connectivity index (χ1) is 7.97. The van der Waals surface area contributed by atoms with E-state index in [9.17, 15) is 9.59 Å². The minimum atomic E-state index is -0.893. The average Bonchev–Trinajstić information content (AvgIpc) is 2.75. The van der Waals surface area contributed by atoms with Crippen LogP contribution in [0.25, 0.3) is 0 Å². The first-order valence-corrected chi connectivity index (χ1v) is 6.49. The van der Waals surface area contributed by atoms with Gasteiger partial charge in [0.1, 0.15) is 0 Å². The van der Waals surface area contributed by atoms with Crippen molar-refractivity contribution in [2.75, 3.05) is 13.1 Å². The molecule has 0 radical (unpaired) electrons. The monoisotopic (exact) mass is 241 g/mol. The second kappa shape index (κ2) is 6.03. The minimum absolute atomic E-state index is 0.00139. The van der Waals surface area contributed by atoms with Crippen molar-refractivity contribution in [2.24, 2.45) is 17.8 Å². The fourth-order valence-corrected chi connectivity index (χ4v) is 2.39. The van der Waals surface area contributed by atoms with Crippen LogP contribution in [0, 0.1) is 17.8 Å². The Balaban J connectivity index is 2.51. The third-order valence-corrected chi connectivity index (χ3v) is 3.82. The Hall–Kier alpha value is -1.06. The van der Waals surface area contributed by atoms with Crippen molar-refractivity contribution in [3.05, 3.63) is 0 Å². The van der Waals surface area contributed by atoms with Crippen LogP contribution in [0.4, 0.5) is 0 Å². The third-order valence-electron chi connectivity index (χ3n) is 3.82. The molecule has 0 saturated carbocycles. The van der Waals surface area contributed by atoms with E-state index in [1.54, 1.807) is 13.8 Å². The maximum Gasteiger partial charge on any atom is 0.307 e. The Bertz CT molecular complexity index is 290. The Labute approximate surface area is 103 Å². The van der Waals surface area contributed by atoms with E-state index >= 15 is 0 Å². The number of carboxylic acid groups (broad SMARTS) is 1. The van der Waals surface area contributed by atoms with E-state index in [0.29, 0.717) is 5.92 Å². The normalized spacial score (nSPS) is 23.5. The molecule has 0 aliphatic carbocycles. The maximum absolute atomic E-state index is 12.1. The van der Waals surface area contributed by atoms with Crippen LogP contribution >= 0.6 is 0 Å². The number of rotatable bonds is 5. The predicted molar refractivity (Wildman–Crippen MR) is 65.6 cm³/mol. The largest absolute Gasteiger partial charge is 0.481 e. The lowest BCUT2D eigenvalue weighted by Gasteiger charge is -2.23. The number of hydrogen-bond acceptors (Lipinski definition) is 2. The summed E-state index contributed by atoms with van der Waals surface area (Å²) in [6.45, 7) is 7.07. The summed E-state index contributed by atoms with van der Waals surface area (Å²) >= 11 is 0. The molecule has 1 amide bonds. The fourth-order valence-electron chi connectivity index (χ4n) is 2.39. The lowest BCUT2D eigenvalue weighted by atomic mass is 9.95. The molecule has 1 N–H and O–H groups in total. The summed E-state index contributed by atoms with van der Waals surface area (Å²) in [7, 11) is 0. The van der Waals surface area contributed by atoms with Gasteiger partial charge in [-0.2, -0.15) is 0 Å². The van der Waals surface area contributed by atoms with Crippen molar-refractivity contribution in [1.29, 1.82) is 0 Å². The summed E-state index contributed by atoms with van der Waals surface area (Å²) in [6, 6.07) is 0. The van der Waals surface area contributed by atoms with E-state index < -0.39 is 17.8 Å². The van der Waals surface area contributed by atoms with Gasteiger partial charge in [0.2, 0.25) is 5.91 Å². The zero-order chi connectivity index (χ0) is 13.0. The number of likely N-dealkylation sites (tertiary alicyclic amines) is 1. The quantitative estimate of drug-likeness (QED) is 0.800. The van der Waals surface area contributed by atoms with Gasteiger partial charge in [-0.15, -0.1) is 0 Å². The summed E-state index contributed by atoms with van der Waals surface area (Å²) in [6.07, 6.45) is 3.37. The van der Waals surface area contributed by atoms with Gasteiger partial charge in [0.15, 0.2) is 0 Å². The highest BCUT2D eigenvalue weighted by Gasteiger charge is 2.32. The Morgan fingerprint density at radius 1 is 1.35 bits per heavy atom. The highest BCUT2D eigenvalue weighted by Crippen LogP contribution is 2.24. The van der Waals surface area contributed by atoms with E-state index in [1.807, 2.05) is 4.90 Å². The van der Waals surface area contributed by atoms with Crippen molar-refractivity contribution in [3.63, 3.8) is 0 Å². The van der Waals surface area contributed by atoms with Crippen LogP contribution in [0.5, 0.6) is 0 Å². The molecule has 98 valence electrons. The van der Waals surface area contributed by atoms with Crippen molar-refractivity contribution in [1.82, 2.24) is 4.90 Å². The molecule has 0 bridgehead atoms. The molecule has 1 rings (SSSR count). The van der Waals surface area contributed by atoms with Crippen LogP contribution in [-0.2, 0) is 9.59 Å². The van der Waals surface area contributed by atoms with Crippen molar-refractivity contribution in [2.45, 2.75) is 40.0 Å². The van der Waals surface area contributed by atoms with E-state index in [-0.39, 0.29) is 5.91 Å². The van der Waals surface area contributed by atoms with Crippen molar-refractivity contribution < 1.29 is 14.7 Å². The first kappa shape index (κ1) is 14.0. The smallest absolute Gasteiger partial charge is 0.307 e. The van der Waals surface area contributed by atoms with Gasteiger partial charge in [0, 0.05) is 19.0 Å². The van der Waals surface area contributed by atoms with E-state index in [2.05, 4.69) is 6.92 Å². The van der Waals surface area contributed by atoms with Gasteiger partial charge in [-0.05, 0) is 18.8 Å². The molecule has 1 aliphatic rings. The molecule has 4 heteroatoms. The molecule has 1 fully saturated rings. The number of carbonyl (C=O) groups is 2. The summed E-state index contributed by atoms with van der Waals surface area (Å²) in [5.41, 5.74) is 0. The maximum atomic E-state index is 12.1. The zero-order valence-corrected chi connectivity index (χ0v) is 11.0. The molecule has 17 heavy (non-hydrogen) atoms. The van der Waals surface area contributed by atoms with Gasteiger partial charge in [-0.1, -0.05) is 27.2 Å². The molecule has 0 aromatic rings. The Morgan fingerprint density at radius 3 is 2.53 bits per heavy atom. The molecule has 0 aromatic heterocycles. The van der Waals surface area contributed by atoms with Crippen LogP contribution in [0.15, 0.2) is 0 Å². The molecule has 1 saturated heterocycles. The van der Waals surface area contributed by atoms with Gasteiger partial charge < -0.3 is 10.0 Å². The highest BCUT2D eigenvalue weighted by atomic mass is 16.4. The van der Waals surface area contributed by atoms with Gasteiger partial charge in [0.25, 0.3) is 0 Å². The highest BCUT2D eigenvalue weighted by molar-refractivity contribution is 5.84.